The van der Waals surface area contributed by atoms with Crippen molar-refractivity contribution < 1.29 is 4.42 Å². The van der Waals surface area contributed by atoms with E-state index in [9.17, 15) is 0 Å². The summed E-state index contributed by atoms with van der Waals surface area (Å²) < 4.78 is 5.40. The molecule has 2 rings (SSSR count). The maximum atomic E-state index is 8.40. The SMILES string of the molecule is Cc1nc2ccc(NCCC#N)cc2o1. The zero-order chi connectivity index (χ0) is 10.7. The summed E-state index contributed by atoms with van der Waals surface area (Å²) in [5.41, 5.74) is 2.58. The molecule has 4 heteroatoms. The average Bonchev–Trinajstić information content (AvgIpc) is 2.57. The van der Waals surface area contributed by atoms with Gasteiger partial charge in [0, 0.05) is 25.2 Å². The second kappa shape index (κ2) is 4.01. The Morgan fingerprint density at radius 1 is 1.53 bits per heavy atom. The average molecular weight is 201 g/mol. The molecule has 0 amide bonds. The number of aromatic nitrogens is 1. The number of hydrogen-bond acceptors (Lipinski definition) is 4. The highest BCUT2D eigenvalue weighted by atomic mass is 16.3. The van der Waals surface area contributed by atoms with E-state index in [0.29, 0.717) is 18.9 Å². The molecule has 0 bridgehead atoms. The number of rotatable bonds is 3. The van der Waals surface area contributed by atoms with E-state index in [1.54, 1.807) is 0 Å². The van der Waals surface area contributed by atoms with E-state index in [1.165, 1.54) is 0 Å². The summed E-state index contributed by atoms with van der Waals surface area (Å²) in [5.74, 6) is 0.666. The van der Waals surface area contributed by atoms with Gasteiger partial charge < -0.3 is 9.73 Å². The molecule has 0 saturated carbocycles. The van der Waals surface area contributed by atoms with Crippen LogP contribution in [-0.2, 0) is 0 Å². The van der Waals surface area contributed by atoms with Gasteiger partial charge in [-0.1, -0.05) is 0 Å². The molecule has 0 aliphatic rings. The minimum atomic E-state index is 0.494. The fraction of sp³-hybridized carbons (Fsp3) is 0.273. The molecular formula is C11H11N3O. The molecule has 0 saturated heterocycles. The van der Waals surface area contributed by atoms with Gasteiger partial charge in [0.1, 0.15) is 5.52 Å². The lowest BCUT2D eigenvalue weighted by Crippen LogP contribution is -1.99. The number of benzene rings is 1. The van der Waals surface area contributed by atoms with Crippen LogP contribution in [0.5, 0.6) is 0 Å². The van der Waals surface area contributed by atoms with Gasteiger partial charge in [-0.2, -0.15) is 5.26 Å². The Morgan fingerprint density at radius 2 is 2.40 bits per heavy atom. The van der Waals surface area contributed by atoms with E-state index < -0.39 is 0 Å². The van der Waals surface area contributed by atoms with Gasteiger partial charge in [-0.3, -0.25) is 0 Å². The van der Waals surface area contributed by atoms with Crippen LogP contribution in [-0.4, -0.2) is 11.5 Å². The van der Waals surface area contributed by atoms with Crippen molar-refractivity contribution in [2.45, 2.75) is 13.3 Å². The predicted octanol–water partition coefficient (Wildman–Crippen LogP) is 2.46. The van der Waals surface area contributed by atoms with E-state index in [4.69, 9.17) is 9.68 Å². The number of nitrogens with one attached hydrogen (secondary N) is 1. The molecule has 0 unspecified atom stereocenters. The number of hydrogen-bond donors (Lipinski definition) is 1. The monoisotopic (exact) mass is 201 g/mol. The van der Waals surface area contributed by atoms with Gasteiger partial charge in [-0.05, 0) is 12.1 Å². The van der Waals surface area contributed by atoms with E-state index >= 15 is 0 Å². The molecule has 1 N–H and O–H groups in total. The van der Waals surface area contributed by atoms with E-state index in [2.05, 4.69) is 16.4 Å². The van der Waals surface area contributed by atoms with Gasteiger partial charge in [-0.15, -0.1) is 0 Å². The maximum Gasteiger partial charge on any atom is 0.192 e. The van der Waals surface area contributed by atoms with Crippen LogP contribution in [0, 0.1) is 18.3 Å². The first-order valence-electron chi connectivity index (χ1n) is 4.77. The third kappa shape index (κ3) is 2.08. The summed E-state index contributed by atoms with van der Waals surface area (Å²) in [6.07, 6.45) is 0.494. The van der Waals surface area contributed by atoms with Gasteiger partial charge in [0.15, 0.2) is 11.5 Å². The molecule has 1 aromatic carbocycles. The smallest absolute Gasteiger partial charge is 0.192 e. The number of aryl methyl sites for hydroxylation is 1. The molecule has 1 heterocycles. The summed E-state index contributed by atoms with van der Waals surface area (Å²) in [7, 11) is 0. The minimum Gasteiger partial charge on any atom is -0.441 e. The van der Waals surface area contributed by atoms with Crippen molar-refractivity contribution in [1.82, 2.24) is 4.98 Å². The molecule has 0 aliphatic heterocycles. The van der Waals surface area contributed by atoms with Crippen LogP contribution in [0.1, 0.15) is 12.3 Å². The Labute approximate surface area is 87.5 Å². The first-order chi connectivity index (χ1) is 7.29. The Hall–Kier alpha value is -2.02. The third-order valence-corrected chi connectivity index (χ3v) is 2.06. The molecule has 0 radical (unpaired) electrons. The van der Waals surface area contributed by atoms with E-state index in [1.807, 2.05) is 25.1 Å². The van der Waals surface area contributed by atoms with E-state index in [-0.39, 0.29) is 0 Å². The highest BCUT2D eigenvalue weighted by Gasteiger charge is 2.02. The summed E-state index contributed by atoms with van der Waals surface area (Å²) in [6.45, 7) is 2.47. The largest absolute Gasteiger partial charge is 0.441 e. The number of nitrogens with zero attached hydrogens (tertiary/aromatic N) is 2. The topological polar surface area (TPSA) is 61.9 Å². The van der Waals surface area contributed by atoms with Crippen molar-refractivity contribution in [3.63, 3.8) is 0 Å². The van der Waals surface area contributed by atoms with Crippen LogP contribution < -0.4 is 5.32 Å². The number of fused-ring (bicyclic) bond motifs is 1. The van der Waals surface area contributed by atoms with Crippen molar-refractivity contribution >= 4 is 16.8 Å². The van der Waals surface area contributed by atoms with Crippen molar-refractivity contribution in [3.05, 3.63) is 24.1 Å². The number of anilines is 1. The lowest BCUT2D eigenvalue weighted by molar-refractivity contribution is 0.561. The fourth-order valence-corrected chi connectivity index (χ4v) is 1.41. The van der Waals surface area contributed by atoms with Gasteiger partial charge in [0.05, 0.1) is 12.5 Å². The van der Waals surface area contributed by atoms with Crippen LogP contribution in [0.4, 0.5) is 5.69 Å². The van der Waals surface area contributed by atoms with Gasteiger partial charge >= 0.3 is 0 Å². The lowest BCUT2D eigenvalue weighted by atomic mass is 10.3. The van der Waals surface area contributed by atoms with Crippen molar-refractivity contribution in [3.8, 4) is 6.07 Å². The molecule has 0 fully saturated rings. The van der Waals surface area contributed by atoms with Gasteiger partial charge in [-0.25, -0.2) is 4.98 Å². The maximum absolute atomic E-state index is 8.40. The van der Waals surface area contributed by atoms with Crippen LogP contribution in [0.15, 0.2) is 22.6 Å². The highest BCUT2D eigenvalue weighted by Crippen LogP contribution is 2.19. The van der Waals surface area contributed by atoms with Crippen molar-refractivity contribution in [1.29, 1.82) is 5.26 Å². The number of oxazole rings is 1. The molecule has 1 aromatic heterocycles. The predicted molar refractivity (Wildman–Crippen MR) is 57.5 cm³/mol. The molecule has 76 valence electrons. The Morgan fingerprint density at radius 3 is 3.20 bits per heavy atom. The normalized spacial score (nSPS) is 10.1. The van der Waals surface area contributed by atoms with Crippen molar-refractivity contribution in [2.75, 3.05) is 11.9 Å². The van der Waals surface area contributed by atoms with E-state index in [0.717, 1.165) is 16.8 Å². The third-order valence-electron chi connectivity index (χ3n) is 2.06. The van der Waals surface area contributed by atoms with Crippen LogP contribution in [0.3, 0.4) is 0 Å². The molecule has 0 aliphatic carbocycles. The zero-order valence-corrected chi connectivity index (χ0v) is 8.45. The first kappa shape index (κ1) is 9.53. The fourth-order valence-electron chi connectivity index (χ4n) is 1.41. The minimum absolute atomic E-state index is 0.494. The molecule has 0 spiro atoms. The summed E-state index contributed by atoms with van der Waals surface area (Å²) in [5, 5.41) is 11.5. The molecule has 2 aromatic rings. The second-order valence-corrected chi connectivity index (χ2v) is 3.25. The Balaban J connectivity index is 2.19. The second-order valence-electron chi connectivity index (χ2n) is 3.25. The summed E-state index contributed by atoms with van der Waals surface area (Å²) >= 11 is 0. The first-order valence-corrected chi connectivity index (χ1v) is 4.77. The van der Waals surface area contributed by atoms with Crippen molar-refractivity contribution in [2.24, 2.45) is 0 Å². The highest BCUT2D eigenvalue weighted by molar-refractivity contribution is 5.77. The Kier molecular flexibility index (Phi) is 2.55. The lowest BCUT2D eigenvalue weighted by Gasteiger charge is -2.01. The van der Waals surface area contributed by atoms with Crippen LogP contribution in [0.2, 0.25) is 0 Å². The van der Waals surface area contributed by atoms with Gasteiger partial charge in [0.2, 0.25) is 0 Å². The zero-order valence-electron chi connectivity index (χ0n) is 8.45. The van der Waals surface area contributed by atoms with Crippen LogP contribution >= 0.6 is 0 Å². The standard InChI is InChI=1S/C11H11N3O/c1-8-14-10-4-3-9(7-11(10)15-8)13-6-2-5-12/h3-4,7,13H,2,6H2,1H3. The Bertz CT molecular complexity index is 510. The molecule has 15 heavy (non-hydrogen) atoms. The molecule has 0 atom stereocenters. The van der Waals surface area contributed by atoms with Crippen LogP contribution in [0.25, 0.3) is 11.1 Å². The van der Waals surface area contributed by atoms with Gasteiger partial charge in [0.25, 0.3) is 0 Å². The summed E-state index contributed by atoms with van der Waals surface area (Å²) in [4.78, 5) is 4.20. The number of nitriles is 1. The molecular weight excluding hydrogens is 190 g/mol. The quantitative estimate of drug-likeness (QED) is 0.775. The summed E-state index contributed by atoms with van der Waals surface area (Å²) in [6, 6.07) is 7.81. The molecule has 4 nitrogen and oxygen atoms in total.